The van der Waals surface area contributed by atoms with E-state index in [1.54, 1.807) is 12.4 Å². The van der Waals surface area contributed by atoms with Gasteiger partial charge in [0.05, 0.1) is 5.69 Å². The van der Waals surface area contributed by atoms with E-state index in [1.807, 2.05) is 36.4 Å². The Hall–Kier alpha value is -3.73. The molecule has 0 bridgehead atoms. The zero-order valence-electron chi connectivity index (χ0n) is 16.6. The van der Waals surface area contributed by atoms with Crippen LogP contribution in [0, 0.1) is 13.8 Å². The molecule has 0 amide bonds. The van der Waals surface area contributed by atoms with Crippen molar-refractivity contribution in [2.75, 3.05) is 10.6 Å². The molecule has 0 saturated heterocycles. The first kappa shape index (κ1) is 18.6. The normalized spacial score (nSPS) is 10.6. The number of nitrogens with one attached hydrogen (secondary N) is 2. The summed E-state index contributed by atoms with van der Waals surface area (Å²) in [5.41, 5.74) is 6.40. The molecule has 2 aromatic carbocycles. The van der Waals surface area contributed by atoms with Gasteiger partial charge in [0.2, 0.25) is 5.95 Å². The number of aromatic nitrogens is 3. The van der Waals surface area contributed by atoms with E-state index in [2.05, 4.69) is 59.8 Å². The number of hydrogen-bond acceptors (Lipinski definition) is 5. The minimum absolute atomic E-state index is 0.567. The average molecular weight is 381 g/mol. The maximum Gasteiger partial charge on any atom is 0.229 e. The summed E-state index contributed by atoms with van der Waals surface area (Å²) in [6, 6.07) is 22.4. The minimum Gasteiger partial charge on any atom is -0.366 e. The summed E-state index contributed by atoms with van der Waals surface area (Å²) >= 11 is 0. The van der Waals surface area contributed by atoms with Gasteiger partial charge < -0.3 is 10.6 Å². The smallest absolute Gasteiger partial charge is 0.229 e. The van der Waals surface area contributed by atoms with Crippen LogP contribution in [-0.2, 0) is 6.54 Å². The van der Waals surface area contributed by atoms with Crippen LogP contribution >= 0.6 is 0 Å². The summed E-state index contributed by atoms with van der Waals surface area (Å²) in [5.74, 6) is 1.33. The predicted molar refractivity (Wildman–Crippen MR) is 118 cm³/mol. The Balaban J connectivity index is 1.67. The van der Waals surface area contributed by atoms with Gasteiger partial charge >= 0.3 is 0 Å². The van der Waals surface area contributed by atoms with Crippen LogP contribution in [0.5, 0.6) is 0 Å². The van der Waals surface area contributed by atoms with Crippen molar-refractivity contribution in [1.82, 2.24) is 15.0 Å². The lowest BCUT2D eigenvalue weighted by Gasteiger charge is -2.13. The Bertz CT molecular complexity index is 1090. The summed E-state index contributed by atoms with van der Waals surface area (Å²) in [7, 11) is 0. The van der Waals surface area contributed by atoms with E-state index in [0.717, 1.165) is 33.9 Å². The summed E-state index contributed by atoms with van der Waals surface area (Å²) in [6.07, 6.45) is 3.58. The first-order valence-corrected chi connectivity index (χ1v) is 9.59. The van der Waals surface area contributed by atoms with Crippen LogP contribution in [0.15, 0.2) is 79.1 Å². The quantitative estimate of drug-likeness (QED) is 0.461. The molecular weight excluding hydrogens is 358 g/mol. The molecule has 0 radical (unpaired) electrons. The lowest BCUT2D eigenvalue weighted by Crippen LogP contribution is -2.06. The molecule has 5 nitrogen and oxygen atoms in total. The van der Waals surface area contributed by atoms with Crippen LogP contribution in [0.25, 0.3) is 11.3 Å². The van der Waals surface area contributed by atoms with E-state index in [9.17, 15) is 0 Å². The van der Waals surface area contributed by atoms with Gasteiger partial charge in [0, 0.05) is 36.3 Å². The fourth-order valence-electron chi connectivity index (χ4n) is 3.03. The van der Waals surface area contributed by atoms with Crippen LogP contribution in [0.4, 0.5) is 17.5 Å². The second kappa shape index (κ2) is 8.52. The van der Waals surface area contributed by atoms with Crippen molar-refractivity contribution in [3.63, 3.8) is 0 Å². The third-order valence-corrected chi connectivity index (χ3v) is 4.66. The zero-order valence-corrected chi connectivity index (χ0v) is 16.6. The van der Waals surface area contributed by atoms with Gasteiger partial charge in [-0.05, 0) is 48.7 Å². The van der Waals surface area contributed by atoms with Crippen molar-refractivity contribution in [3.8, 4) is 11.3 Å². The van der Waals surface area contributed by atoms with E-state index in [4.69, 9.17) is 9.97 Å². The van der Waals surface area contributed by atoms with Crippen LogP contribution in [-0.4, -0.2) is 15.0 Å². The van der Waals surface area contributed by atoms with Crippen molar-refractivity contribution < 1.29 is 0 Å². The van der Waals surface area contributed by atoms with Crippen molar-refractivity contribution in [1.29, 1.82) is 0 Å². The Morgan fingerprint density at radius 1 is 0.828 bits per heavy atom. The van der Waals surface area contributed by atoms with E-state index >= 15 is 0 Å². The van der Waals surface area contributed by atoms with Gasteiger partial charge in [-0.15, -0.1) is 0 Å². The average Bonchev–Trinajstić information content (AvgIpc) is 2.76. The van der Waals surface area contributed by atoms with Gasteiger partial charge in [0.25, 0.3) is 0 Å². The Labute approximate surface area is 170 Å². The highest BCUT2D eigenvalue weighted by atomic mass is 15.1. The second-order valence-corrected chi connectivity index (χ2v) is 6.98. The third-order valence-electron chi connectivity index (χ3n) is 4.66. The van der Waals surface area contributed by atoms with Crippen molar-refractivity contribution in [2.24, 2.45) is 0 Å². The number of aryl methyl sites for hydroxylation is 2. The van der Waals surface area contributed by atoms with Crippen LogP contribution < -0.4 is 10.6 Å². The number of hydrogen-bond donors (Lipinski definition) is 2. The molecule has 0 aliphatic carbocycles. The monoisotopic (exact) mass is 381 g/mol. The predicted octanol–water partition coefficient (Wildman–Crippen LogP) is 5.51. The summed E-state index contributed by atoms with van der Waals surface area (Å²) in [6.45, 7) is 4.82. The number of anilines is 3. The Morgan fingerprint density at radius 3 is 2.41 bits per heavy atom. The summed E-state index contributed by atoms with van der Waals surface area (Å²) < 4.78 is 0. The minimum atomic E-state index is 0.567. The molecule has 144 valence electrons. The maximum atomic E-state index is 4.75. The van der Waals surface area contributed by atoms with E-state index in [1.165, 1.54) is 5.56 Å². The fraction of sp³-hybridized carbons (Fsp3) is 0.125. The molecule has 0 unspecified atom stereocenters. The van der Waals surface area contributed by atoms with Gasteiger partial charge in [-0.1, -0.05) is 42.5 Å². The molecule has 4 rings (SSSR count). The summed E-state index contributed by atoms with van der Waals surface area (Å²) in [4.78, 5) is 13.5. The fourth-order valence-corrected chi connectivity index (χ4v) is 3.03. The Kier molecular flexibility index (Phi) is 5.47. The van der Waals surface area contributed by atoms with Gasteiger partial charge in [0.1, 0.15) is 5.82 Å². The van der Waals surface area contributed by atoms with E-state index < -0.39 is 0 Å². The molecular formula is C24H23N5. The first-order chi connectivity index (χ1) is 14.2. The lowest BCUT2D eigenvalue weighted by atomic mass is 10.1. The molecule has 0 spiro atoms. The second-order valence-electron chi connectivity index (χ2n) is 6.98. The maximum absolute atomic E-state index is 4.75. The molecule has 0 atom stereocenters. The Morgan fingerprint density at radius 2 is 1.62 bits per heavy atom. The molecule has 0 aliphatic rings. The van der Waals surface area contributed by atoms with E-state index in [0.29, 0.717) is 12.5 Å². The zero-order chi connectivity index (χ0) is 20.1. The van der Waals surface area contributed by atoms with Crippen LogP contribution in [0.2, 0.25) is 0 Å². The van der Waals surface area contributed by atoms with E-state index in [-0.39, 0.29) is 0 Å². The van der Waals surface area contributed by atoms with Crippen LogP contribution in [0.3, 0.4) is 0 Å². The van der Waals surface area contributed by atoms with Crippen molar-refractivity contribution >= 4 is 17.5 Å². The molecule has 2 aromatic heterocycles. The number of benzene rings is 2. The number of nitrogens with zero attached hydrogens (tertiary/aromatic N) is 3. The molecule has 4 aromatic rings. The SMILES string of the molecule is Cc1ccc(C)c(Nc2nc(NCc3ccncc3)cc(-c3ccccc3)n2)c1. The lowest BCUT2D eigenvalue weighted by molar-refractivity contribution is 1.08. The summed E-state index contributed by atoms with van der Waals surface area (Å²) in [5, 5.41) is 6.79. The van der Waals surface area contributed by atoms with Crippen LogP contribution in [0.1, 0.15) is 16.7 Å². The van der Waals surface area contributed by atoms with Crippen molar-refractivity contribution in [2.45, 2.75) is 20.4 Å². The molecule has 29 heavy (non-hydrogen) atoms. The third kappa shape index (κ3) is 4.76. The highest BCUT2D eigenvalue weighted by molar-refractivity contribution is 5.67. The highest BCUT2D eigenvalue weighted by Gasteiger charge is 2.09. The van der Waals surface area contributed by atoms with Crippen molar-refractivity contribution in [3.05, 3.63) is 95.8 Å². The van der Waals surface area contributed by atoms with Gasteiger partial charge in [-0.25, -0.2) is 4.98 Å². The molecule has 0 aliphatic heterocycles. The largest absolute Gasteiger partial charge is 0.366 e. The topological polar surface area (TPSA) is 62.7 Å². The van der Waals surface area contributed by atoms with Gasteiger partial charge in [0.15, 0.2) is 0 Å². The first-order valence-electron chi connectivity index (χ1n) is 9.59. The molecule has 2 heterocycles. The molecule has 5 heteroatoms. The van der Waals surface area contributed by atoms with Gasteiger partial charge in [-0.2, -0.15) is 4.98 Å². The standard InChI is InChI=1S/C24H23N5/c1-17-8-9-18(2)21(14-17)27-24-28-22(20-6-4-3-5-7-20)15-23(29-24)26-16-19-10-12-25-13-11-19/h3-15H,16H2,1-2H3,(H2,26,27,28,29). The molecule has 2 N–H and O–H groups in total. The van der Waals surface area contributed by atoms with Gasteiger partial charge in [-0.3, -0.25) is 4.98 Å². The number of pyridine rings is 1. The molecule has 0 fully saturated rings. The highest BCUT2D eigenvalue weighted by Crippen LogP contribution is 2.25. The number of rotatable bonds is 6. The molecule has 0 saturated carbocycles.